The number of nitrogens with zero attached hydrogens (tertiary/aromatic N) is 1. The van der Waals surface area contributed by atoms with Crippen LogP contribution in [0.15, 0.2) is 71.8 Å². The molecule has 12 heteroatoms. The summed E-state index contributed by atoms with van der Waals surface area (Å²) in [6.45, 7) is -0.239. The largest absolute Gasteiger partial charge is 0.457 e. The summed E-state index contributed by atoms with van der Waals surface area (Å²) in [4.78, 5) is 15.6. The van der Waals surface area contributed by atoms with Crippen LogP contribution in [0.4, 0.5) is 18.9 Å². The molecule has 0 unspecified atom stereocenters. The first-order valence-corrected chi connectivity index (χ1v) is 10.9. The fraction of sp³-hybridized carbons (Fsp3) is 0.143. The molecule has 0 bridgehead atoms. The minimum atomic E-state index is -4.52. The number of ether oxygens (including phenoxy) is 1. The van der Waals surface area contributed by atoms with Crippen LogP contribution in [-0.4, -0.2) is 37.6 Å². The summed E-state index contributed by atoms with van der Waals surface area (Å²) in [5, 5.41) is 11.2. The Labute approximate surface area is 187 Å². The van der Waals surface area contributed by atoms with E-state index in [2.05, 4.69) is 15.0 Å². The molecular formula is C21H18F3N3O5S. The number of pyridine rings is 1. The van der Waals surface area contributed by atoms with Crippen molar-refractivity contribution in [2.75, 3.05) is 17.9 Å². The first-order chi connectivity index (χ1) is 15.6. The van der Waals surface area contributed by atoms with Crippen LogP contribution in [0.5, 0.6) is 11.5 Å². The van der Waals surface area contributed by atoms with Gasteiger partial charge in [-0.05, 0) is 54.6 Å². The maximum Gasteiger partial charge on any atom is 0.416 e. The summed E-state index contributed by atoms with van der Waals surface area (Å²) < 4.78 is 71.5. The van der Waals surface area contributed by atoms with E-state index < -0.39 is 27.7 Å². The van der Waals surface area contributed by atoms with E-state index in [0.717, 1.165) is 12.1 Å². The Kier molecular flexibility index (Phi) is 7.19. The average Bonchev–Trinajstić information content (AvgIpc) is 2.77. The van der Waals surface area contributed by atoms with Crippen LogP contribution < -0.4 is 14.8 Å². The number of aliphatic hydroxyl groups is 1. The lowest BCUT2D eigenvalue weighted by molar-refractivity contribution is -0.137. The van der Waals surface area contributed by atoms with Gasteiger partial charge in [-0.2, -0.15) is 13.2 Å². The van der Waals surface area contributed by atoms with Gasteiger partial charge in [0, 0.05) is 12.7 Å². The number of alkyl halides is 3. The molecule has 1 aromatic heterocycles. The Bertz CT molecular complexity index is 1230. The number of aromatic nitrogens is 1. The Balaban J connectivity index is 1.72. The monoisotopic (exact) mass is 481 g/mol. The third-order valence-electron chi connectivity index (χ3n) is 4.17. The highest BCUT2D eigenvalue weighted by Crippen LogP contribution is 2.33. The molecule has 1 heterocycles. The standard InChI is InChI=1S/C21H18F3N3O5S/c22-21(23,24)14-2-1-3-17(12-14)32-16-4-6-18(7-5-16)33(30,31)27-15-8-9-25-19(13-15)20(29)26-10-11-28/h1-9,12-13,28H,10-11H2,(H,25,27)(H,26,29). The second-order valence-electron chi connectivity index (χ2n) is 6.61. The number of aliphatic hydroxyl groups excluding tert-OH is 1. The number of rotatable bonds is 8. The zero-order valence-electron chi connectivity index (χ0n) is 16.8. The molecule has 0 fully saturated rings. The quantitative estimate of drug-likeness (QED) is 0.454. The van der Waals surface area contributed by atoms with E-state index in [0.29, 0.717) is 0 Å². The lowest BCUT2D eigenvalue weighted by atomic mass is 10.2. The molecule has 174 valence electrons. The summed E-state index contributed by atoms with van der Waals surface area (Å²) in [6, 6.07) is 11.9. The van der Waals surface area contributed by atoms with Crippen LogP contribution in [0.1, 0.15) is 16.1 Å². The molecule has 0 atom stereocenters. The number of hydrogen-bond donors (Lipinski definition) is 3. The normalized spacial score (nSPS) is 11.6. The average molecular weight is 481 g/mol. The number of benzene rings is 2. The van der Waals surface area contributed by atoms with Gasteiger partial charge in [0.25, 0.3) is 15.9 Å². The highest BCUT2D eigenvalue weighted by molar-refractivity contribution is 7.92. The van der Waals surface area contributed by atoms with Gasteiger partial charge in [0.15, 0.2) is 0 Å². The molecule has 0 radical (unpaired) electrons. The zero-order valence-corrected chi connectivity index (χ0v) is 17.7. The van der Waals surface area contributed by atoms with E-state index in [1.807, 2.05) is 0 Å². The van der Waals surface area contributed by atoms with Crippen molar-refractivity contribution in [2.24, 2.45) is 0 Å². The smallest absolute Gasteiger partial charge is 0.416 e. The lowest BCUT2D eigenvalue weighted by Gasteiger charge is -2.11. The van der Waals surface area contributed by atoms with E-state index in [1.165, 1.54) is 54.7 Å². The molecule has 33 heavy (non-hydrogen) atoms. The maximum absolute atomic E-state index is 12.8. The number of hydrogen-bond acceptors (Lipinski definition) is 6. The van der Waals surface area contributed by atoms with E-state index in [1.54, 1.807) is 0 Å². The number of sulfonamides is 1. The molecule has 2 aromatic carbocycles. The van der Waals surface area contributed by atoms with Gasteiger partial charge in [0.05, 0.1) is 22.8 Å². The first kappa shape index (κ1) is 24.0. The minimum Gasteiger partial charge on any atom is -0.457 e. The SMILES string of the molecule is O=C(NCCO)c1cc(NS(=O)(=O)c2ccc(Oc3cccc(C(F)(F)F)c3)cc2)ccn1. The molecule has 3 N–H and O–H groups in total. The van der Waals surface area contributed by atoms with E-state index >= 15 is 0 Å². The molecule has 0 saturated carbocycles. The highest BCUT2D eigenvalue weighted by Gasteiger charge is 2.30. The van der Waals surface area contributed by atoms with Gasteiger partial charge < -0.3 is 15.2 Å². The fourth-order valence-electron chi connectivity index (χ4n) is 2.65. The summed E-state index contributed by atoms with van der Waals surface area (Å²) in [5.74, 6) is -0.497. The number of halogens is 3. The summed E-state index contributed by atoms with van der Waals surface area (Å²) in [7, 11) is -4.04. The van der Waals surface area contributed by atoms with Gasteiger partial charge in [-0.3, -0.25) is 14.5 Å². The molecule has 3 aromatic rings. The Morgan fingerprint density at radius 3 is 2.42 bits per heavy atom. The first-order valence-electron chi connectivity index (χ1n) is 9.41. The molecule has 0 saturated heterocycles. The number of carbonyl (C=O) groups excluding carboxylic acids is 1. The van der Waals surface area contributed by atoms with Crippen molar-refractivity contribution in [2.45, 2.75) is 11.1 Å². The van der Waals surface area contributed by atoms with Crippen LogP contribution in [0, 0.1) is 0 Å². The van der Waals surface area contributed by atoms with Crippen molar-refractivity contribution < 1.29 is 36.2 Å². The Morgan fingerprint density at radius 2 is 1.76 bits per heavy atom. The van der Waals surface area contributed by atoms with Crippen molar-refractivity contribution in [3.63, 3.8) is 0 Å². The predicted octanol–water partition coefficient (Wildman–Crippen LogP) is 3.42. The van der Waals surface area contributed by atoms with E-state index in [-0.39, 0.29) is 40.9 Å². The highest BCUT2D eigenvalue weighted by atomic mass is 32.2. The molecule has 3 rings (SSSR count). The van der Waals surface area contributed by atoms with Crippen molar-refractivity contribution in [1.29, 1.82) is 0 Å². The molecule has 0 spiro atoms. The van der Waals surface area contributed by atoms with Gasteiger partial charge >= 0.3 is 6.18 Å². The Morgan fingerprint density at radius 1 is 1.03 bits per heavy atom. The molecule has 1 amide bonds. The summed E-state index contributed by atoms with van der Waals surface area (Å²) >= 11 is 0. The van der Waals surface area contributed by atoms with Crippen molar-refractivity contribution in [3.8, 4) is 11.5 Å². The van der Waals surface area contributed by atoms with Crippen LogP contribution >= 0.6 is 0 Å². The maximum atomic E-state index is 12.8. The number of amides is 1. The molecule has 0 aliphatic rings. The molecule has 0 aliphatic heterocycles. The second kappa shape index (κ2) is 9.88. The van der Waals surface area contributed by atoms with Gasteiger partial charge in [0.1, 0.15) is 17.2 Å². The zero-order chi connectivity index (χ0) is 24.1. The number of anilines is 1. The predicted molar refractivity (Wildman–Crippen MR) is 112 cm³/mol. The number of nitrogens with one attached hydrogen (secondary N) is 2. The minimum absolute atomic E-state index is 0.0192. The second-order valence-corrected chi connectivity index (χ2v) is 8.30. The van der Waals surface area contributed by atoms with E-state index in [9.17, 15) is 26.4 Å². The molecule has 0 aliphatic carbocycles. The summed E-state index contributed by atoms with van der Waals surface area (Å²) in [5.41, 5.74) is -0.831. The van der Waals surface area contributed by atoms with Crippen LogP contribution in [-0.2, 0) is 16.2 Å². The van der Waals surface area contributed by atoms with Crippen LogP contribution in [0.25, 0.3) is 0 Å². The van der Waals surface area contributed by atoms with Gasteiger partial charge in [-0.1, -0.05) is 6.07 Å². The van der Waals surface area contributed by atoms with Gasteiger partial charge in [-0.15, -0.1) is 0 Å². The Hall–Kier alpha value is -3.64. The van der Waals surface area contributed by atoms with E-state index in [4.69, 9.17) is 9.84 Å². The topological polar surface area (TPSA) is 118 Å². The van der Waals surface area contributed by atoms with Crippen molar-refractivity contribution in [1.82, 2.24) is 10.3 Å². The number of carbonyl (C=O) groups is 1. The van der Waals surface area contributed by atoms with Gasteiger partial charge in [0.2, 0.25) is 0 Å². The van der Waals surface area contributed by atoms with Crippen LogP contribution in [0.2, 0.25) is 0 Å². The van der Waals surface area contributed by atoms with Crippen molar-refractivity contribution in [3.05, 3.63) is 78.1 Å². The van der Waals surface area contributed by atoms with Crippen molar-refractivity contribution >= 4 is 21.6 Å². The van der Waals surface area contributed by atoms with Gasteiger partial charge in [-0.25, -0.2) is 8.42 Å². The third kappa shape index (κ3) is 6.43. The fourth-order valence-corrected chi connectivity index (χ4v) is 3.70. The third-order valence-corrected chi connectivity index (χ3v) is 5.57. The van der Waals surface area contributed by atoms with Crippen LogP contribution in [0.3, 0.4) is 0 Å². The molecule has 8 nitrogen and oxygen atoms in total. The summed E-state index contributed by atoms with van der Waals surface area (Å²) in [6.07, 6.45) is -3.27. The molecular weight excluding hydrogens is 463 g/mol. The lowest BCUT2D eigenvalue weighted by Crippen LogP contribution is -2.27.